The highest BCUT2D eigenvalue weighted by molar-refractivity contribution is 6.03. The van der Waals surface area contributed by atoms with Gasteiger partial charge in [-0.2, -0.15) is 0 Å². The molecule has 0 amide bonds. The average molecular weight is 430 g/mol. The van der Waals surface area contributed by atoms with Crippen LogP contribution in [0, 0.1) is 28.6 Å². The van der Waals surface area contributed by atoms with E-state index in [1.807, 2.05) is 0 Å². The molecule has 7 atom stereocenters. The molecule has 0 radical (unpaired) electrons. The number of esters is 1. The van der Waals surface area contributed by atoms with Crippen LogP contribution in [0.25, 0.3) is 0 Å². The quantitative estimate of drug-likeness (QED) is 0.691. The van der Waals surface area contributed by atoms with Crippen LogP contribution in [-0.2, 0) is 23.9 Å². The largest absolute Gasteiger partial charge is 0.458 e. The van der Waals surface area contributed by atoms with Crippen molar-refractivity contribution in [2.75, 3.05) is 6.61 Å². The van der Waals surface area contributed by atoms with Crippen molar-refractivity contribution in [3.8, 4) is 0 Å². The molecule has 4 rings (SSSR count). The summed E-state index contributed by atoms with van der Waals surface area (Å²) in [6.45, 7) is 5.56. The molecule has 2 saturated carbocycles. The van der Waals surface area contributed by atoms with Crippen molar-refractivity contribution < 1.29 is 33.4 Å². The minimum atomic E-state index is -2.29. The minimum Gasteiger partial charge on any atom is -0.458 e. The summed E-state index contributed by atoms with van der Waals surface area (Å²) in [6, 6.07) is 0. The topological polar surface area (TPSA) is 97.7 Å². The van der Waals surface area contributed by atoms with E-state index in [0.717, 1.165) is 0 Å². The van der Waals surface area contributed by atoms with Crippen LogP contribution in [0.4, 0.5) is 4.39 Å². The highest BCUT2D eigenvalue weighted by Gasteiger charge is 2.75. The van der Waals surface area contributed by atoms with Gasteiger partial charge in [0.2, 0.25) is 5.78 Å². The number of Topliss-reactive ketones (excluding diaryl/α,β-unsaturated/α-hetero) is 2. The van der Waals surface area contributed by atoms with Gasteiger partial charge in [-0.15, -0.1) is 0 Å². The second-order valence-electron chi connectivity index (χ2n) is 9.86. The molecule has 0 aliphatic heterocycles. The Morgan fingerprint density at radius 1 is 1.26 bits per heavy atom. The summed E-state index contributed by atoms with van der Waals surface area (Å²) in [6.07, 6.45) is 7.43. The molecule has 0 aromatic carbocycles. The van der Waals surface area contributed by atoms with Gasteiger partial charge in [0, 0.05) is 24.7 Å². The second-order valence-corrected chi connectivity index (χ2v) is 9.86. The van der Waals surface area contributed by atoms with Crippen LogP contribution in [0.3, 0.4) is 0 Å². The zero-order valence-corrected chi connectivity index (χ0v) is 18.1. The summed E-state index contributed by atoms with van der Waals surface area (Å²) in [7, 11) is 0. The van der Waals surface area contributed by atoms with Gasteiger partial charge in [0.1, 0.15) is 5.60 Å². The van der Waals surface area contributed by atoms with Gasteiger partial charge in [0.15, 0.2) is 23.8 Å². The maximum absolute atomic E-state index is 16.9. The Bertz CT molecular complexity index is 994. The minimum absolute atomic E-state index is 0.257. The number of rotatable bonds is 3. The number of aliphatic hydroxyl groups is 1. The fraction of sp³-hybridized carbons (Fsp3) is 0.583. The smallest absolute Gasteiger partial charge is 0.303 e. The summed E-state index contributed by atoms with van der Waals surface area (Å²) in [5.74, 6) is -4.17. The first-order chi connectivity index (χ1) is 14.3. The number of carbonyl (C=O) groups is 4. The number of hydrogen-bond acceptors (Lipinski definition) is 6. The third-order valence-electron chi connectivity index (χ3n) is 8.39. The third kappa shape index (κ3) is 2.52. The van der Waals surface area contributed by atoms with Crippen molar-refractivity contribution in [3.63, 3.8) is 0 Å². The lowest BCUT2D eigenvalue weighted by atomic mass is 9.46. The molecule has 1 N–H and O–H groups in total. The standard InChI is InChI=1S/C24H27FO6/c1-13-9-18-17-6-5-15-10-16(27)7-8-21(15,3)23(17,25)19(28)11-22(18,4)24(13,30)20(29)12-31-14(2)26/h5-8,10,13,17-18,30H,9,11-12H2,1-4H3/t13-,17-,18-,21-,22-,23-,24-/m0/s1. The van der Waals surface area contributed by atoms with E-state index in [1.54, 1.807) is 32.9 Å². The molecule has 0 aromatic rings. The molecule has 0 aromatic heterocycles. The number of hydrogen-bond donors (Lipinski definition) is 1. The molecule has 0 spiro atoms. The van der Waals surface area contributed by atoms with Crippen LogP contribution < -0.4 is 0 Å². The van der Waals surface area contributed by atoms with Gasteiger partial charge < -0.3 is 9.84 Å². The second kappa shape index (κ2) is 6.55. The summed E-state index contributed by atoms with van der Waals surface area (Å²) < 4.78 is 21.7. The molecule has 4 aliphatic carbocycles. The summed E-state index contributed by atoms with van der Waals surface area (Å²) in [5.41, 5.74) is -6.28. The van der Waals surface area contributed by atoms with Crippen LogP contribution in [0.15, 0.2) is 36.0 Å². The van der Waals surface area contributed by atoms with Gasteiger partial charge in [-0.1, -0.05) is 32.1 Å². The van der Waals surface area contributed by atoms with Crippen molar-refractivity contribution in [1.29, 1.82) is 0 Å². The van der Waals surface area contributed by atoms with Gasteiger partial charge in [-0.25, -0.2) is 4.39 Å². The Balaban J connectivity index is 1.81. The molecule has 31 heavy (non-hydrogen) atoms. The molecule has 0 heterocycles. The molecular weight excluding hydrogens is 403 g/mol. The number of allylic oxidation sites excluding steroid dienone is 6. The third-order valence-corrected chi connectivity index (χ3v) is 8.39. The molecule has 0 unspecified atom stereocenters. The summed E-state index contributed by atoms with van der Waals surface area (Å²) >= 11 is 0. The first-order valence-corrected chi connectivity index (χ1v) is 10.6. The predicted octanol–water partition coefficient (Wildman–Crippen LogP) is 2.45. The number of ether oxygens (including phenoxy) is 1. The SMILES string of the molecule is CC(=O)OCC(=O)[C@@]1(O)[C@@H](C)C[C@H]2[C@@H]3C=CC4=CC(=O)C=C[C@]4(C)[C@@]3(F)C(=O)C[C@@]21C. The van der Waals surface area contributed by atoms with E-state index < -0.39 is 64.0 Å². The highest BCUT2D eigenvalue weighted by atomic mass is 19.1. The van der Waals surface area contributed by atoms with E-state index in [0.29, 0.717) is 12.0 Å². The first kappa shape index (κ1) is 21.8. The maximum Gasteiger partial charge on any atom is 0.303 e. The number of alkyl halides is 1. The average Bonchev–Trinajstić information content (AvgIpc) is 2.89. The molecular formula is C24H27FO6. The van der Waals surface area contributed by atoms with E-state index in [4.69, 9.17) is 4.74 Å². The summed E-state index contributed by atoms with van der Waals surface area (Å²) in [5, 5.41) is 11.6. The molecule has 4 aliphatic rings. The fourth-order valence-corrected chi connectivity index (χ4v) is 6.62. The zero-order valence-electron chi connectivity index (χ0n) is 18.1. The Kier molecular flexibility index (Phi) is 4.60. The molecule has 0 bridgehead atoms. The number of ketones is 3. The van der Waals surface area contributed by atoms with E-state index >= 15 is 4.39 Å². The Hall–Kier alpha value is -2.41. The monoisotopic (exact) mass is 430 g/mol. The predicted molar refractivity (Wildman–Crippen MR) is 108 cm³/mol. The lowest BCUT2D eigenvalue weighted by Gasteiger charge is -2.57. The Labute approximate surface area is 180 Å². The van der Waals surface area contributed by atoms with E-state index in [9.17, 15) is 24.3 Å². The van der Waals surface area contributed by atoms with Gasteiger partial charge in [0.25, 0.3) is 0 Å². The van der Waals surface area contributed by atoms with Crippen LogP contribution in [-0.4, -0.2) is 46.3 Å². The van der Waals surface area contributed by atoms with Gasteiger partial charge >= 0.3 is 5.97 Å². The van der Waals surface area contributed by atoms with Crippen molar-refractivity contribution in [2.45, 2.75) is 51.8 Å². The Morgan fingerprint density at radius 3 is 2.58 bits per heavy atom. The number of fused-ring (bicyclic) bond motifs is 5. The normalized spacial score (nSPS) is 45.5. The van der Waals surface area contributed by atoms with E-state index in [-0.39, 0.29) is 12.2 Å². The van der Waals surface area contributed by atoms with Crippen molar-refractivity contribution >= 4 is 23.3 Å². The lowest BCUT2D eigenvalue weighted by Crippen LogP contribution is -2.67. The first-order valence-electron chi connectivity index (χ1n) is 10.6. The summed E-state index contributed by atoms with van der Waals surface area (Å²) in [4.78, 5) is 49.5. The zero-order chi connectivity index (χ0) is 23.0. The Morgan fingerprint density at radius 2 is 1.94 bits per heavy atom. The maximum atomic E-state index is 16.9. The van der Waals surface area contributed by atoms with E-state index in [2.05, 4.69) is 0 Å². The van der Waals surface area contributed by atoms with Crippen LogP contribution >= 0.6 is 0 Å². The van der Waals surface area contributed by atoms with Crippen molar-refractivity contribution in [2.24, 2.45) is 28.6 Å². The van der Waals surface area contributed by atoms with Crippen LogP contribution in [0.1, 0.15) is 40.5 Å². The van der Waals surface area contributed by atoms with Gasteiger partial charge in [0.05, 0.1) is 5.41 Å². The lowest BCUT2D eigenvalue weighted by molar-refractivity contribution is -0.182. The van der Waals surface area contributed by atoms with Crippen LogP contribution in [0.5, 0.6) is 0 Å². The van der Waals surface area contributed by atoms with Crippen LogP contribution in [0.2, 0.25) is 0 Å². The number of halogens is 1. The number of carbonyl (C=O) groups excluding carboxylic acids is 4. The fourth-order valence-electron chi connectivity index (χ4n) is 6.62. The van der Waals surface area contributed by atoms with Crippen molar-refractivity contribution in [3.05, 3.63) is 36.0 Å². The molecule has 2 fully saturated rings. The van der Waals surface area contributed by atoms with Gasteiger partial charge in [-0.05, 0) is 42.9 Å². The van der Waals surface area contributed by atoms with Crippen molar-refractivity contribution in [1.82, 2.24) is 0 Å². The highest BCUT2D eigenvalue weighted by Crippen LogP contribution is 2.68. The molecule has 166 valence electrons. The van der Waals surface area contributed by atoms with E-state index in [1.165, 1.54) is 25.2 Å². The van der Waals surface area contributed by atoms with Gasteiger partial charge in [-0.3, -0.25) is 19.2 Å². The molecule has 7 heteroatoms. The molecule has 0 saturated heterocycles. The molecule has 6 nitrogen and oxygen atoms in total.